The largest absolute Gasteiger partial charge is 0.300 e. The van der Waals surface area contributed by atoms with Crippen LogP contribution in [0.1, 0.15) is 46.0 Å². The zero-order valence-electron chi connectivity index (χ0n) is 11.1. The monoisotopic (exact) mass is 251 g/mol. The Labute approximate surface area is 108 Å². The first-order valence-corrected chi connectivity index (χ1v) is 6.83. The van der Waals surface area contributed by atoms with Gasteiger partial charge in [-0.15, -0.1) is 0 Å². The second-order valence-corrected chi connectivity index (χ2v) is 5.78. The Hall–Kier alpha value is -1.19. The predicted molar refractivity (Wildman–Crippen MR) is 66.6 cm³/mol. The van der Waals surface area contributed by atoms with Gasteiger partial charge in [0.1, 0.15) is 5.78 Å². The molecule has 1 heterocycles. The fourth-order valence-corrected chi connectivity index (χ4v) is 3.05. The normalized spacial score (nSPS) is 33.0. The molecule has 0 aromatic carbocycles. The summed E-state index contributed by atoms with van der Waals surface area (Å²) in [6.07, 6.45) is 4.09. The van der Waals surface area contributed by atoms with E-state index in [1.165, 1.54) is 4.90 Å². The first-order valence-electron chi connectivity index (χ1n) is 6.83. The van der Waals surface area contributed by atoms with Crippen LogP contribution in [0, 0.1) is 17.8 Å². The third-order valence-corrected chi connectivity index (χ3v) is 4.33. The summed E-state index contributed by atoms with van der Waals surface area (Å²) < 4.78 is 0. The van der Waals surface area contributed by atoms with Gasteiger partial charge >= 0.3 is 0 Å². The number of hydrogen-bond acceptors (Lipinski definition) is 3. The second kappa shape index (κ2) is 5.21. The molecule has 2 aliphatic rings. The number of ketones is 1. The Morgan fingerprint density at radius 3 is 2.28 bits per heavy atom. The van der Waals surface area contributed by atoms with Crippen molar-refractivity contribution in [2.24, 2.45) is 17.8 Å². The maximum absolute atomic E-state index is 11.8. The van der Waals surface area contributed by atoms with Gasteiger partial charge in [0.25, 0.3) is 0 Å². The highest BCUT2D eigenvalue weighted by molar-refractivity contribution is 6.03. The van der Waals surface area contributed by atoms with E-state index in [0.717, 1.165) is 25.7 Å². The van der Waals surface area contributed by atoms with Crippen molar-refractivity contribution >= 4 is 17.6 Å². The first-order chi connectivity index (χ1) is 8.49. The molecule has 18 heavy (non-hydrogen) atoms. The average molecular weight is 251 g/mol. The molecule has 2 amide bonds. The number of rotatable bonds is 3. The molecule has 1 aliphatic carbocycles. The van der Waals surface area contributed by atoms with Crippen LogP contribution < -0.4 is 0 Å². The molecule has 1 saturated heterocycles. The Balaban J connectivity index is 1.87. The lowest BCUT2D eigenvalue weighted by atomic mass is 9.80. The van der Waals surface area contributed by atoms with Crippen molar-refractivity contribution in [3.63, 3.8) is 0 Å². The molecular formula is C14H21NO3. The van der Waals surface area contributed by atoms with Crippen LogP contribution in [0.5, 0.6) is 0 Å². The van der Waals surface area contributed by atoms with Crippen LogP contribution >= 0.6 is 0 Å². The summed E-state index contributed by atoms with van der Waals surface area (Å²) in [5, 5.41) is 0. The molecule has 1 atom stereocenters. The molecule has 0 radical (unpaired) electrons. The van der Waals surface area contributed by atoms with Gasteiger partial charge in [-0.2, -0.15) is 0 Å². The summed E-state index contributed by atoms with van der Waals surface area (Å²) in [4.78, 5) is 36.2. The van der Waals surface area contributed by atoms with Gasteiger partial charge in [-0.05, 0) is 38.5 Å². The molecule has 4 nitrogen and oxygen atoms in total. The highest BCUT2D eigenvalue weighted by Crippen LogP contribution is 2.31. The summed E-state index contributed by atoms with van der Waals surface area (Å²) in [7, 11) is 0. The molecule has 0 bridgehead atoms. The molecule has 100 valence electrons. The van der Waals surface area contributed by atoms with Crippen molar-refractivity contribution in [3.8, 4) is 0 Å². The van der Waals surface area contributed by atoms with E-state index in [1.807, 2.05) is 6.92 Å². The van der Waals surface area contributed by atoms with Crippen molar-refractivity contribution in [3.05, 3.63) is 0 Å². The van der Waals surface area contributed by atoms with Gasteiger partial charge in [0.15, 0.2) is 0 Å². The van der Waals surface area contributed by atoms with Crippen molar-refractivity contribution in [1.82, 2.24) is 4.90 Å². The number of likely N-dealkylation sites (tertiary alicyclic amines) is 1. The third-order valence-electron chi connectivity index (χ3n) is 4.33. The van der Waals surface area contributed by atoms with E-state index in [2.05, 4.69) is 0 Å². The summed E-state index contributed by atoms with van der Waals surface area (Å²) in [5.74, 6) is 0.667. The van der Waals surface area contributed by atoms with Crippen LogP contribution in [0.2, 0.25) is 0 Å². The Morgan fingerprint density at radius 1 is 1.22 bits per heavy atom. The summed E-state index contributed by atoms with van der Waals surface area (Å²) in [6, 6.07) is 0. The quantitative estimate of drug-likeness (QED) is 0.718. The van der Waals surface area contributed by atoms with Gasteiger partial charge in [-0.25, -0.2) is 0 Å². The molecule has 4 heteroatoms. The van der Waals surface area contributed by atoms with E-state index in [9.17, 15) is 14.4 Å². The summed E-state index contributed by atoms with van der Waals surface area (Å²) in [5.41, 5.74) is 0. The fraction of sp³-hybridized carbons (Fsp3) is 0.786. The van der Waals surface area contributed by atoms with Gasteiger partial charge in [0, 0.05) is 24.8 Å². The van der Waals surface area contributed by atoms with Crippen molar-refractivity contribution in [1.29, 1.82) is 0 Å². The smallest absolute Gasteiger partial charge is 0.232 e. The Bertz CT molecular complexity index is 369. The molecule has 1 saturated carbocycles. The van der Waals surface area contributed by atoms with Crippen molar-refractivity contribution in [2.75, 3.05) is 6.54 Å². The van der Waals surface area contributed by atoms with Crippen LogP contribution in [0.25, 0.3) is 0 Å². The number of amides is 2. The van der Waals surface area contributed by atoms with Crippen LogP contribution in [-0.4, -0.2) is 29.0 Å². The molecule has 2 fully saturated rings. The zero-order chi connectivity index (χ0) is 13.3. The molecule has 0 unspecified atom stereocenters. The van der Waals surface area contributed by atoms with Gasteiger partial charge < -0.3 is 0 Å². The summed E-state index contributed by atoms with van der Waals surface area (Å²) >= 11 is 0. The van der Waals surface area contributed by atoms with Gasteiger partial charge in [-0.1, -0.05) is 6.92 Å². The predicted octanol–water partition coefficient (Wildman–Crippen LogP) is 1.78. The summed E-state index contributed by atoms with van der Waals surface area (Å²) in [6.45, 7) is 4.03. The number of nitrogens with zero attached hydrogens (tertiary/aromatic N) is 1. The molecule has 0 aromatic rings. The molecule has 0 N–H and O–H groups in total. The van der Waals surface area contributed by atoms with Gasteiger partial charge in [0.2, 0.25) is 11.8 Å². The maximum Gasteiger partial charge on any atom is 0.232 e. The van der Waals surface area contributed by atoms with E-state index < -0.39 is 0 Å². The maximum atomic E-state index is 11.8. The number of Topliss-reactive ketones (excluding diaryl/α,β-unsaturated/α-hetero) is 1. The Kier molecular flexibility index (Phi) is 3.83. The van der Waals surface area contributed by atoms with Crippen molar-refractivity contribution in [2.45, 2.75) is 46.0 Å². The van der Waals surface area contributed by atoms with E-state index in [-0.39, 0.29) is 29.4 Å². The number of imide groups is 1. The number of carbonyl (C=O) groups is 3. The van der Waals surface area contributed by atoms with Crippen LogP contribution in [0.4, 0.5) is 0 Å². The van der Waals surface area contributed by atoms with Crippen LogP contribution in [-0.2, 0) is 14.4 Å². The Morgan fingerprint density at radius 2 is 1.83 bits per heavy atom. The van der Waals surface area contributed by atoms with E-state index in [0.29, 0.717) is 18.9 Å². The zero-order valence-corrected chi connectivity index (χ0v) is 11.1. The highest BCUT2D eigenvalue weighted by atomic mass is 16.2. The minimum absolute atomic E-state index is 0.0197. The van der Waals surface area contributed by atoms with E-state index >= 15 is 0 Å². The van der Waals surface area contributed by atoms with Crippen LogP contribution in [0.3, 0.4) is 0 Å². The molecule has 1 aliphatic heterocycles. The minimum atomic E-state index is -0.147. The topological polar surface area (TPSA) is 54.5 Å². The molecule has 0 aromatic heterocycles. The van der Waals surface area contributed by atoms with E-state index in [4.69, 9.17) is 0 Å². The lowest BCUT2D eigenvalue weighted by Gasteiger charge is -2.29. The third kappa shape index (κ3) is 2.62. The van der Waals surface area contributed by atoms with Gasteiger partial charge in [0.05, 0.1) is 0 Å². The van der Waals surface area contributed by atoms with Crippen LogP contribution in [0.15, 0.2) is 0 Å². The van der Waals surface area contributed by atoms with Gasteiger partial charge in [-0.3, -0.25) is 19.3 Å². The number of carbonyl (C=O) groups excluding carboxylic acids is 3. The standard InChI is InChI=1S/C14H21NO3/c1-9-7-13(17)15(14(9)18)8-11-3-5-12(6-4-11)10(2)16/h9,11-12H,3-8H2,1-2H3/t9-,11-,12-/m0/s1. The SMILES string of the molecule is CC(=O)[C@H]1CC[C@H](CN2C(=O)C[C@H](C)C2=O)CC1. The number of hydrogen-bond donors (Lipinski definition) is 0. The lowest BCUT2D eigenvalue weighted by Crippen LogP contribution is -2.36. The minimum Gasteiger partial charge on any atom is -0.300 e. The first kappa shape index (κ1) is 13.2. The fourth-order valence-electron chi connectivity index (χ4n) is 3.05. The molecule has 2 rings (SSSR count). The second-order valence-electron chi connectivity index (χ2n) is 5.78. The highest BCUT2D eigenvalue weighted by Gasteiger charge is 2.37. The van der Waals surface area contributed by atoms with E-state index in [1.54, 1.807) is 6.92 Å². The molecular weight excluding hydrogens is 230 g/mol. The van der Waals surface area contributed by atoms with Crippen molar-refractivity contribution < 1.29 is 14.4 Å². The molecule has 0 spiro atoms. The lowest BCUT2D eigenvalue weighted by molar-refractivity contribution is -0.140. The average Bonchev–Trinajstić information content (AvgIpc) is 2.57.